The summed E-state index contributed by atoms with van der Waals surface area (Å²) in [5.74, 6) is 0.306. The molecule has 0 bridgehead atoms. The van der Waals surface area contributed by atoms with Crippen LogP contribution in [0.5, 0.6) is 11.5 Å². The van der Waals surface area contributed by atoms with Gasteiger partial charge in [0, 0.05) is 23.7 Å². The number of hydrogen-bond acceptors (Lipinski definition) is 5. The van der Waals surface area contributed by atoms with Crippen molar-refractivity contribution in [2.45, 2.75) is 13.1 Å². The zero-order valence-corrected chi connectivity index (χ0v) is 16.9. The second kappa shape index (κ2) is 8.14. The second-order valence-corrected chi connectivity index (χ2v) is 7.33. The monoisotopic (exact) mass is 431 g/mol. The maximum absolute atomic E-state index is 14.2. The van der Waals surface area contributed by atoms with Crippen molar-refractivity contribution in [2.24, 2.45) is 0 Å². The molecule has 4 aromatic rings. The molecule has 0 saturated carbocycles. The van der Waals surface area contributed by atoms with E-state index in [4.69, 9.17) is 9.47 Å². The van der Waals surface area contributed by atoms with E-state index in [9.17, 15) is 14.0 Å². The number of aromatic nitrogens is 2. The molecule has 0 atom stereocenters. The van der Waals surface area contributed by atoms with Gasteiger partial charge in [0.15, 0.2) is 11.5 Å². The first-order chi connectivity index (χ1) is 15.6. The van der Waals surface area contributed by atoms with Gasteiger partial charge in [-0.15, -0.1) is 0 Å². The quantitative estimate of drug-likeness (QED) is 0.525. The van der Waals surface area contributed by atoms with E-state index in [0.717, 1.165) is 5.56 Å². The molecule has 0 spiro atoms. The second-order valence-electron chi connectivity index (χ2n) is 7.33. The zero-order valence-electron chi connectivity index (χ0n) is 16.9. The number of pyridine rings is 2. The lowest BCUT2D eigenvalue weighted by Crippen LogP contribution is -2.33. The van der Waals surface area contributed by atoms with Crippen molar-refractivity contribution in [3.05, 3.63) is 99.7 Å². The van der Waals surface area contributed by atoms with E-state index in [0.29, 0.717) is 28.1 Å². The Morgan fingerprint density at radius 2 is 1.91 bits per heavy atom. The first kappa shape index (κ1) is 19.7. The highest BCUT2D eigenvalue weighted by Gasteiger charge is 2.18. The van der Waals surface area contributed by atoms with Crippen LogP contribution in [0.25, 0.3) is 11.0 Å². The number of fused-ring (bicyclic) bond motifs is 2. The molecule has 0 saturated heterocycles. The van der Waals surface area contributed by atoms with Gasteiger partial charge in [-0.3, -0.25) is 14.2 Å². The van der Waals surface area contributed by atoms with Crippen LogP contribution in [0, 0.1) is 5.82 Å². The maximum atomic E-state index is 14.2. The first-order valence-corrected chi connectivity index (χ1v) is 9.99. The minimum absolute atomic E-state index is 0.0393. The number of carbonyl (C=O) groups excluding carboxylic acids is 1. The minimum atomic E-state index is -0.539. The Kier molecular flexibility index (Phi) is 5.03. The summed E-state index contributed by atoms with van der Waals surface area (Å²) in [6.07, 6.45) is 1.55. The highest BCUT2D eigenvalue weighted by atomic mass is 19.1. The Labute approximate surface area is 182 Å². The Balaban J connectivity index is 1.47. The fraction of sp³-hybridized carbons (Fsp3) is 0.125. The number of benzene rings is 2. The molecule has 7 nitrogen and oxygen atoms in total. The molecule has 8 heteroatoms. The van der Waals surface area contributed by atoms with E-state index in [1.807, 2.05) is 6.07 Å². The smallest absolute Gasteiger partial charge is 0.265 e. The number of halogens is 1. The van der Waals surface area contributed by atoms with Crippen molar-refractivity contribution >= 4 is 16.9 Å². The van der Waals surface area contributed by atoms with Gasteiger partial charge >= 0.3 is 0 Å². The number of amides is 1. The molecule has 5 rings (SSSR count). The summed E-state index contributed by atoms with van der Waals surface area (Å²) < 4.78 is 26.2. The van der Waals surface area contributed by atoms with E-state index in [1.165, 1.54) is 16.7 Å². The lowest BCUT2D eigenvalue weighted by atomic mass is 10.1. The van der Waals surface area contributed by atoms with Gasteiger partial charge in [-0.2, -0.15) is 0 Å². The number of carbonyl (C=O) groups is 1. The molecule has 1 N–H and O–H groups in total. The van der Waals surface area contributed by atoms with Crippen molar-refractivity contribution in [3.8, 4) is 11.5 Å². The summed E-state index contributed by atoms with van der Waals surface area (Å²) in [5, 5.41) is 3.38. The van der Waals surface area contributed by atoms with Gasteiger partial charge in [0.05, 0.1) is 6.54 Å². The Hall–Kier alpha value is -4.20. The van der Waals surface area contributed by atoms with Gasteiger partial charge in [-0.25, -0.2) is 9.37 Å². The summed E-state index contributed by atoms with van der Waals surface area (Å²) in [5.41, 5.74) is 0.939. The van der Waals surface area contributed by atoms with Crippen molar-refractivity contribution in [1.29, 1.82) is 0 Å². The van der Waals surface area contributed by atoms with Gasteiger partial charge in [0.2, 0.25) is 6.79 Å². The summed E-state index contributed by atoms with van der Waals surface area (Å²) in [4.78, 5) is 30.4. The highest BCUT2D eigenvalue weighted by molar-refractivity contribution is 5.96. The summed E-state index contributed by atoms with van der Waals surface area (Å²) >= 11 is 0. The average Bonchev–Trinajstić information content (AvgIpc) is 3.28. The predicted molar refractivity (Wildman–Crippen MR) is 115 cm³/mol. The van der Waals surface area contributed by atoms with Crippen LogP contribution in [0.4, 0.5) is 4.39 Å². The molecule has 2 aromatic heterocycles. The fourth-order valence-electron chi connectivity index (χ4n) is 3.64. The molecule has 1 aliphatic heterocycles. The van der Waals surface area contributed by atoms with E-state index >= 15 is 0 Å². The fourth-order valence-corrected chi connectivity index (χ4v) is 3.64. The standard InChI is InChI=1S/C24H18FN3O4/c25-19-6-2-1-4-17(19)13-28-22-16(5-3-9-26-22)11-18(24(28)30)23(29)27-12-15-7-8-20-21(10-15)32-14-31-20/h1-11H,12-14H2,(H,27,29). The molecule has 32 heavy (non-hydrogen) atoms. The zero-order chi connectivity index (χ0) is 22.1. The normalized spacial score (nSPS) is 12.2. The SMILES string of the molecule is O=C(NCc1ccc2c(c1)OCO2)c1cc2cccnc2n(Cc2ccccc2F)c1=O. The number of hydrogen-bond donors (Lipinski definition) is 1. The molecule has 2 aromatic carbocycles. The molecule has 0 radical (unpaired) electrons. The van der Waals surface area contributed by atoms with Crippen LogP contribution in [0.2, 0.25) is 0 Å². The lowest BCUT2D eigenvalue weighted by molar-refractivity contribution is 0.0949. The van der Waals surface area contributed by atoms with Crippen LogP contribution in [0.1, 0.15) is 21.5 Å². The van der Waals surface area contributed by atoms with Crippen LogP contribution < -0.4 is 20.3 Å². The molecule has 0 unspecified atom stereocenters. The van der Waals surface area contributed by atoms with Gasteiger partial charge in [0.25, 0.3) is 11.5 Å². The maximum Gasteiger partial charge on any atom is 0.265 e. The van der Waals surface area contributed by atoms with Crippen LogP contribution in [0.15, 0.2) is 71.7 Å². The largest absolute Gasteiger partial charge is 0.454 e. The Morgan fingerprint density at radius 1 is 1.06 bits per heavy atom. The van der Waals surface area contributed by atoms with E-state index in [2.05, 4.69) is 10.3 Å². The van der Waals surface area contributed by atoms with Crippen molar-refractivity contribution < 1.29 is 18.7 Å². The number of rotatable bonds is 5. The van der Waals surface area contributed by atoms with Gasteiger partial charge in [-0.05, 0) is 42.0 Å². The molecular weight excluding hydrogens is 413 g/mol. The Morgan fingerprint density at radius 3 is 2.78 bits per heavy atom. The molecule has 1 aliphatic rings. The molecule has 160 valence electrons. The third-order valence-electron chi connectivity index (χ3n) is 5.27. The average molecular weight is 431 g/mol. The topological polar surface area (TPSA) is 82.4 Å². The van der Waals surface area contributed by atoms with E-state index in [1.54, 1.807) is 48.7 Å². The molecule has 3 heterocycles. The number of nitrogens with one attached hydrogen (secondary N) is 1. The van der Waals surface area contributed by atoms with Gasteiger partial charge in [-0.1, -0.05) is 24.3 Å². The third kappa shape index (κ3) is 3.66. The molecule has 0 fully saturated rings. The summed E-state index contributed by atoms with van der Waals surface area (Å²) in [6, 6.07) is 16.6. The Bertz CT molecular complexity index is 1400. The van der Waals surface area contributed by atoms with Gasteiger partial charge in [0.1, 0.15) is 17.0 Å². The lowest BCUT2D eigenvalue weighted by Gasteiger charge is -2.13. The van der Waals surface area contributed by atoms with Gasteiger partial charge < -0.3 is 14.8 Å². The number of nitrogens with zero attached hydrogens (tertiary/aromatic N) is 2. The summed E-state index contributed by atoms with van der Waals surface area (Å²) in [7, 11) is 0. The van der Waals surface area contributed by atoms with Crippen molar-refractivity contribution in [3.63, 3.8) is 0 Å². The van der Waals surface area contributed by atoms with Crippen LogP contribution in [-0.4, -0.2) is 22.3 Å². The summed E-state index contributed by atoms with van der Waals surface area (Å²) in [6.45, 7) is 0.327. The van der Waals surface area contributed by atoms with E-state index < -0.39 is 17.3 Å². The number of ether oxygens (including phenoxy) is 2. The predicted octanol–water partition coefficient (Wildman–Crippen LogP) is 3.24. The van der Waals surface area contributed by atoms with Crippen molar-refractivity contribution in [2.75, 3.05) is 6.79 Å². The molecule has 1 amide bonds. The third-order valence-corrected chi connectivity index (χ3v) is 5.27. The van der Waals surface area contributed by atoms with Crippen LogP contribution in [-0.2, 0) is 13.1 Å². The van der Waals surface area contributed by atoms with E-state index in [-0.39, 0.29) is 25.4 Å². The molecule has 0 aliphatic carbocycles. The first-order valence-electron chi connectivity index (χ1n) is 9.99. The highest BCUT2D eigenvalue weighted by Crippen LogP contribution is 2.32. The minimum Gasteiger partial charge on any atom is -0.454 e. The van der Waals surface area contributed by atoms with Crippen LogP contribution >= 0.6 is 0 Å². The van der Waals surface area contributed by atoms with Crippen molar-refractivity contribution in [1.82, 2.24) is 14.9 Å². The van der Waals surface area contributed by atoms with Crippen LogP contribution in [0.3, 0.4) is 0 Å². The molecular formula is C24H18FN3O4.